The topological polar surface area (TPSA) is 146 Å². The maximum atomic E-state index is 13.8. The van der Waals surface area contributed by atoms with Gasteiger partial charge in [0.15, 0.2) is 0 Å². The molecule has 8 aliphatic rings. The van der Waals surface area contributed by atoms with Crippen LogP contribution in [0.1, 0.15) is 144 Å². The molecular weight excluding hydrogens is 1040 g/mol. The van der Waals surface area contributed by atoms with Crippen molar-refractivity contribution < 1.29 is 62.9 Å². The first kappa shape index (κ1) is 67.9. The molecule has 0 aromatic heterocycles. The maximum absolute atomic E-state index is 13.8. The van der Waals surface area contributed by atoms with Crippen LogP contribution in [0.25, 0.3) is 10.8 Å². The van der Waals surface area contributed by atoms with E-state index >= 15 is 0 Å². The third-order valence-corrected chi connectivity index (χ3v) is 15.0. The van der Waals surface area contributed by atoms with Crippen molar-refractivity contribution in [3.63, 3.8) is 0 Å². The molecule has 2 N–H and O–H groups in total. The second kappa shape index (κ2) is 34.6. The molecule has 2 fully saturated rings. The number of carbonyl (C=O) groups excluding carboxylic acids is 6. The van der Waals surface area contributed by atoms with Crippen molar-refractivity contribution >= 4 is 46.2 Å². The SMILES string of the molecule is C1=CCCC1.C1=CCCC1.O=C(CCCN1CCN(CCCN2C(=O)c3ccc4c5c(ccc(c35)C2=O)C(=O)N(CCCN2CCN(CCCC(=O)N[C@H]3C=CCC3)CC2)C4=O)CC1)N[C@H]1C=CCC1.[CH3-].[CH3-].[CH3-].[CH3-].[Fe+2].[Fe+2]. The number of amides is 6. The van der Waals surface area contributed by atoms with E-state index in [2.05, 4.69) is 78.8 Å². The average Bonchev–Trinajstić information content (AvgIpc) is 4.25. The van der Waals surface area contributed by atoms with Gasteiger partial charge in [-0.3, -0.25) is 38.6 Å². The molecule has 0 radical (unpaired) electrons. The number of nitrogens with one attached hydrogen (secondary N) is 2. The smallest absolute Gasteiger partial charge is 0.358 e. The van der Waals surface area contributed by atoms with Gasteiger partial charge in [0.2, 0.25) is 11.8 Å². The first-order valence-electron chi connectivity index (χ1n) is 26.7. The number of nitrogens with zero attached hydrogens (tertiary/aromatic N) is 6. The molecule has 4 heterocycles. The van der Waals surface area contributed by atoms with E-state index in [0.717, 1.165) is 117 Å². The number of hydrogen-bond acceptors (Lipinski definition) is 10. The quantitative estimate of drug-likeness (QED) is 0.0645. The Bertz CT molecular complexity index is 2080. The van der Waals surface area contributed by atoms with Crippen molar-refractivity contribution in [2.45, 2.75) is 115 Å². The summed E-state index contributed by atoms with van der Waals surface area (Å²) in [6, 6.07) is 6.95. The molecule has 2 aromatic carbocycles. The van der Waals surface area contributed by atoms with Gasteiger partial charge in [0.25, 0.3) is 23.6 Å². The van der Waals surface area contributed by atoms with Crippen LogP contribution in [0.15, 0.2) is 72.9 Å². The number of imide groups is 2. The number of carbonyl (C=O) groups is 6. The molecule has 14 nitrogen and oxygen atoms in total. The molecule has 10 rings (SSSR count). The van der Waals surface area contributed by atoms with Crippen LogP contribution in [-0.4, -0.2) is 169 Å². The normalized spacial score (nSPS) is 20.5. The zero-order valence-corrected chi connectivity index (χ0v) is 48.3. The van der Waals surface area contributed by atoms with Gasteiger partial charge >= 0.3 is 34.1 Å². The van der Waals surface area contributed by atoms with Crippen molar-refractivity contribution in [1.82, 2.24) is 40.0 Å². The van der Waals surface area contributed by atoms with Gasteiger partial charge in [-0.2, -0.15) is 0 Å². The summed E-state index contributed by atoms with van der Waals surface area (Å²) in [6.45, 7) is 11.1. The zero-order chi connectivity index (χ0) is 48.7. The summed E-state index contributed by atoms with van der Waals surface area (Å²) >= 11 is 0. The molecule has 6 amide bonds. The van der Waals surface area contributed by atoms with Crippen LogP contribution in [0.4, 0.5) is 0 Å². The minimum absolute atomic E-state index is 0. The number of rotatable bonds is 18. The maximum Gasteiger partial charge on any atom is 2.00 e. The minimum atomic E-state index is -0.390. The molecule has 0 bridgehead atoms. The summed E-state index contributed by atoms with van der Waals surface area (Å²) in [6.07, 6.45) is 33.5. The molecule has 0 unspecified atom stereocenters. The summed E-state index contributed by atoms with van der Waals surface area (Å²) in [7, 11) is 0. The van der Waals surface area contributed by atoms with Crippen molar-refractivity contribution in [2.75, 3.05) is 91.6 Å². The van der Waals surface area contributed by atoms with E-state index in [4.69, 9.17) is 0 Å². The molecule has 16 heteroatoms. The van der Waals surface area contributed by atoms with Gasteiger partial charge in [0, 0.05) is 123 Å². The van der Waals surface area contributed by atoms with E-state index < -0.39 is 0 Å². The average molecular weight is 1130 g/mol. The fraction of sp³-hybridized carbons (Fsp3) is 0.533. The van der Waals surface area contributed by atoms with Crippen LogP contribution in [0.2, 0.25) is 0 Å². The fourth-order valence-corrected chi connectivity index (χ4v) is 10.9. The van der Waals surface area contributed by atoms with Gasteiger partial charge in [0.1, 0.15) is 0 Å². The van der Waals surface area contributed by atoms with Crippen molar-refractivity contribution in [3.8, 4) is 0 Å². The Morgan fingerprint density at radius 1 is 0.408 bits per heavy atom. The van der Waals surface area contributed by atoms with Gasteiger partial charge in [-0.05, 0) is 140 Å². The van der Waals surface area contributed by atoms with E-state index in [1.165, 1.54) is 48.3 Å². The Morgan fingerprint density at radius 3 is 0.947 bits per heavy atom. The predicted octanol–water partition coefficient (Wildman–Crippen LogP) is 8.53. The van der Waals surface area contributed by atoms with E-state index in [-0.39, 0.29) is 124 Å². The Labute approximate surface area is 477 Å². The second-order valence-electron chi connectivity index (χ2n) is 20.0. The number of allylic oxidation sites excluding steroid dienone is 6. The monoisotopic (exact) mass is 1130 g/mol. The molecule has 0 saturated carbocycles. The molecule has 2 saturated heterocycles. The van der Waals surface area contributed by atoms with Crippen molar-refractivity contribution in [3.05, 3.63) is 125 Å². The first-order valence-corrected chi connectivity index (χ1v) is 26.7. The van der Waals surface area contributed by atoms with Crippen LogP contribution in [-0.2, 0) is 43.7 Å². The standard InChI is InChI=1S/C46H60N8O6.2C5H8.4CH3.2Fe/c55-39(47-33-9-1-2-10-33)13-5-19-49-25-29-51(30-26-49)21-7-23-53-43(57)35-15-17-37-42-38(18-16-36(41(35)42)44(53)58)46(60)54(45(37)59)24-8-22-52-31-27-50(28-32-52)20-6-14-40(56)48-34-11-3-4-12-34;2*1-2-4-5-3-1;;;;;;/h1,3,9,11,15-18,33-34H,2,4-8,10,12-14,19-32H2,(H,47,55)(H,48,56);2*1-2H,3-5H2;4*1H3;;/q;;;4*-1;2*+2/t33-,34-;;;;;;;;/m0......../s1. The van der Waals surface area contributed by atoms with Crippen molar-refractivity contribution in [2.24, 2.45) is 0 Å². The molecule has 4 aliphatic carbocycles. The number of benzene rings is 2. The summed E-state index contributed by atoms with van der Waals surface area (Å²) in [5.41, 5.74) is 1.41. The second-order valence-corrected chi connectivity index (χ2v) is 20.0. The number of hydrogen-bond donors (Lipinski definition) is 2. The Morgan fingerprint density at radius 2 is 0.697 bits per heavy atom. The van der Waals surface area contributed by atoms with Gasteiger partial charge in [-0.25, -0.2) is 0 Å². The Hall–Kier alpha value is -4.24. The third-order valence-electron chi connectivity index (χ3n) is 15.0. The summed E-state index contributed by atoms with van der Waals surface area (Å²) < 4.78 is 0. The Balaban J connectivity index is 0.00000111. The van der Waals surface area contributed by atoms with E-state index in [1.54, 1.807) is 24.3 Å². The van der Waals surface area contributed by atoms with Gasteiger partial charge < -0.3 is 59.9 Å². The van der Waals surface area contributed by atoms with Gasteiger partial charge in [-0.1, -0.05) is 48.6 Å². The molecule has 4 aliphatic heterocycles. The summed E-state index contributed by atoms with van der Waals surface area (Å²) in [4.78, 5) is 92.0. The molecule has 420 valence electrons. The van der Waals surface area contributed by atoms with E-state index in [0.29, 0.717) is 58.7 Å². The predicted molar refractivity (Wildman–Crippen MR) is 300 cm³/mol. The summed E-state index contributed by atoms with van der Waals surface area (Å²) in [5.74, 6) is -1.32. The summed E-state index contributed by atoms with van der Waals surface area (Å²) in [5, 5.41) is 7.00. The van der Waals surface area contributed by atoms with Gasteiger partial charge in [0.05, 0.1) is 0 Å². The van der Waals surface area contributed by atoms with Crippen molar-refractivity contribution in [1.29, 1.82) is 0 Å². The number of piperazine rings is 2. The zero-order valence-electron chi connectivity index (χ0n) is 46.1. The molecule has 76 heavy (non-hydrogen) atoms. The van der Waals surface area contributed by atoms with Crippen LogP contribution >= 0.6 is 0 Å². The van der Waals surface area contributed by atoms with E-state index in [9.17, 15) is 28.8 Å². The largest absolute Gasteiger partial charge is 2.00 e. The minimum Gasteiger partial charge on any atom is -0.358 e. The van der Waals surface area contributed by atoms with Gasteiger partial charge in [-0.15, -0.1) is 0 Å². The fourth-order valence-electron chi connectivity index (χ4n) is 10.9. The van der Waals surface area contributed by atoms with E-state index in [1.807, 2.05) is 0 Å². The van der Waals surface area contributed by atoms with Crippen LogP contribution in [0.3, 0.4) is 0 Å². The molecule has 0 spiro atoms. The van der Waals surface area contributed by atoms with Crippen LogP contribution in [0, 0.1) is 29.7 Å². The Kier molecular flexibility index (Phi) is 30.9. The molecule has 2 aromatic rings. The molecule has 2 atom stereocenters. The van der Waals surface area contributed by atoms with Crippen LogP contribution < -0.4 is 10.6 Å². The third kappa shape index (κ3) is 18.4. The first-order chi connectivity index (χ1) is 34.2. The molecular formula is C60H88Fe2N8O6. The van der Waals surface area contributed by atoms with Crippen LogP contribution in [0.5, 0.6) is 0 Å².